The van der Waals surface area contributed by atoms with Crippen molar-refractivity contribution in [3.63, 3.8) is 0 Å². The van der Waals surface area contributed by atoms with Gasteiger partial charge in [0.1, 0.15) is 11.5 Å². The smallest absolute Gasteiger partial charge is 0.203 e. The maximum absolute atomic E-state index is 5.89. The Morgan fingerprint density at radius 3 is 2.33 bits per heavy atom. The molecule has 9 heteroatoms. The molecule has 33 heavy (non-hydrogen) atoms. The van der Waals surface area contributed by atoms with E-state index < -0.39 is 0 Å². The van der Waals surface area contributed by atoms with Gasteiger partial charge >= 0.3 is 0 Å². The number of methoxy groups -OCH3 is 5. The lowest BCUT2D eigenvalue weighted by molar-refractivity contribution is 0.0903. The number of hydrogen-bond donors (Lipinski definition) is 1. The van der Waals surface area contributed by atoms with Crippen LogP contribution in [-0.4, -0.2) is 64.8 Å². The minimum atomic E-state index is 0.105. The number of rotatable bonds is 10. The van der Waals surface area contributed by atoms with Crippen molar-refractivity contribution < 1.29 is 28.4 Å². The number of nitrogens with one attached hydrogen (secondary N) is 1. The van der Waals surface area contributed by atoms with Gasteiger partial charge in [-0.05, 0) is 49.3 Å². The summed E-state index contributed by atoms with van der Waals surface area (Å²) in [4.78, 5) is 2.07. The number of nitrogens with zero attached hydrogens (tertiary/aromatic N) is 1. The highest BCUT2D eigenvalue weighted by atomic mass is 32.1. The van der Waals surface area contributed by atoms with Gasteiger partial charge in [0, 0.05) is 31.3 Å². The first-order chi connectivity index (χ1) is 16.0. The first kappa shape index (κ1) is 24.7. The predicted molar refractivity (Wildman–Crippen MR) is 131 cm³/mol. The lowest BCUT2D eigenvalue weighted by Crippen LogP contribution is -2.39. The summed E-state index contributed by atoms with van der Waals surface area (Å²) in [5.74, 6) is 3.10. The molecule has 8 nitrogen and oxygen atoms in total. The van der Waals surface area contributed by atoms with Crippen LogP contribution < -0.4 is 29.0 Å². The number of ether oxygens (including phenoxy) is 6. The summed E-state index contributed by atoms with van der Waals surface area (Å²) in [6.07, 6.45) is 2.15. The minimum absolute atomic E-state index is 0.105. The molecule has 0 amide bonds. The van der Waals surface area contributed by atoms with Crippen molar-refractivity contribution in [1.82, 2.24) is 4.90 Å². The van der Waals surface area contributed by atoms with Crippen LogP contribution in [0.2, 0.25) is 0 Å². The molecule has 180 valence electrons. The van der Waals surface area contributed by atoms with Gasteiger partial charge in [0.15, 0.2) is 16.6 Å². The molecule has 1 saturated heterocycles. The molecule has 0 aromatic heterocycles. The minimum Gasteiger partial charge on any atom is -0.497 e. The summed E-state index contributed by atoms with van der Waals surface area (Å²) < 4.78 is 33.3. The average molecular weight is 477 g/mol. The number of hydrogen-bond acceptors (Lipinski definition) is 7. The summed E-state index contributed by atoms with van der Waals surface area (Å²) in [5.41, 5.74) is 1.67. The van der Waals surface area contributed by atoms with E-state index in [1.807, 2.05) is 30.3 Å². The molecule has 1 aliphatic rings. The highest BCUT2D eigenvalue weighted by Crippen LogP contribution is 2.40. The SMILES string of the molecule is COc1ccc(NC(=S)N(Cc2ccc(OC)c(OC)c2OC)CC2CCCO2)c(OC)c1. The van der Waals surface area contributed by atoms with E-state index in [0.29, 0.717) is 46.9 Å². The molecule has 1 atom stereocenters. The standard InChI is InChI=1S/C24H32N2O6S/c1-27-17-9-10-19(21(13-17)29-3)25-24(33)26(15-18-7-6-12-32-18)14-16-8-11-20(28-2)23(31-5)22(16)30-4/h8-11,13,18H,6-7,12,14-15H2,1-5H3,(H,25,33). The zero-order valence-corrected chi connectivity index (χ0v) is 20.6. The molecular weight excluding hydrogens is 444 g/mol. The normalized spacial score (nSPS) is 15.0. The Kier molecular flexibility index (Phi) is 8.85. The molecule has 2 aromatic carbocycles. The predicted octanol–water partition coefficient (Wildman–Crippen LogP) is 4.11. The van der Waals surface area contributed by atoms with Crippen molar-refractivity contribution >= 4 is 23.0 Å². The van der Waals surface area contributed by atoms with Crippen molar-refractivity contribution in [2.75, 3.05) is 54.0 Å². The highest BCUT2D eigenvalue weighted by molar-refractivity contribution is 7.80. The van der Waals surface area contributed by atoms with E-state index >= 15 is 0 Å². The molecule has 1 unspecified atom stereocenters. The fourth-order valence-electron chi connectivity index (χ4n) is 3.84. The maximum Gasteiger partial charge on any atom is 0.203 e. The van der Waals surface area contributed by atoms with Gasteiger partial charge in [0.2, 0.25) is 5.75 Å². The third-order valence-electron chi connectivity index (χ3n) is 5.53. The number of benzene rings is 2. The Balaban J connectivity index is 1.88. The molecule has 0 aliphatic carbocycles. The van der Waals surface area contributed by atoms with Gasteiger partial charge in [-0.25, -0.2) is 0 Å². The van der Waals surface area contributed by atoms with Crippen LogP contribution >= 0.6 is 12.2 Å². The van der Waals surface area contributed by atoms with Crippen molar-refractivity contribution in [3.8, 4) is 28.7 Å². The van der Waals surface area contributed by atoms with Crippen LogP contribution in [0.1, 0.15) is 18.4 Å². The van der Waals surface area contributed by atoms with Crippen LogP contribution in [0.5, 0.6) is 28.7 Å². The quantitative estimate of drug-likeness (QED) is 0.510. The van der Waals surface area contributed by atoms with Gasteiger partial charge in [-0.2, -0.15) is 0 Å². The Morgan fingerprint density at radius 1 is 0.970 bits per heavy atom. The van der Waals surface area contributed by atoms with E-state index in [2.05, 4.69) is 10.2 Å². The second kappa shape index (κ2) is 11.8. The van der Waals surface area contributed by atoms with E-state index in [0.717, 1.165) is 30.7 Å². The third-order valence-corrected chi connectivity index (χ3v) is 5.89. The number of thiocarbonyl (C=S) groups is 1. The Morgan fingerprint density at radius 2 is 1.73 bits per heavy atom. The van der Waals surface area contributed by atoms with Gasteiger partial charge in [-0.15, -0.1) is 0 Å². The van der Waals surface area contributed by atoms with E-state index in [-0.39, 0.29) is 6.10 Å². The molecule has 3 rings (SSSR count). The maximum atomic E-state index is 5.89. The monoisotopic (exact) mass is 476 g/mol. The molecule has 1 fully saturated rings. The first-order valence-corrected chi connectivity index (χ1v) is 11.1. The van der Waals surface area contributed by atoms with Gasteiger partial charge < -0.3 is 38.6 Å². The van der Waals surface area contributed by atoms with Gasteiger partial charge in [-0.3, -0.25) is 0 Å². The topological polar surface area (TPSA) is 70.7 Å². The van der Waals surface area contributed by atoms with E-state index in [1.54, 1.807) is 35.5 Å². The molecule has 1 N–H and O–H groups in total. The Bertz CT molecular complexity index is 949. The van der Waals surface area contributed by atoms with Crippen LogP contribution in [0.3, 0.4) is 0 Å². The first-order valence-electron chi connectivity index (χ1n) is 10.7. The molecule has 2 aromatic rings. The van der Waals surface area contributed by atoms with Gasteiger partial charge in [0.05, 0.1) is 47.3 Å². The number of anilines is 1. The van der Waals surface area contributed by atoms with Crippen LogP contribution in [0.25, 0.3) is 0 Å². The van der Waals surface area contributed by atoms with Crippen molar-refractivity contribution in [2.24, 2.45) is 0 Å². The second-order valence-corrected chi connectivity index (χ2v) is 7.89. The molecule has 0 bridgehead atoms. The summed E-state index contributed by atoms with van der Waals surface area (Å²) in [6.45, 7) is 1.90. The van der Waals surface area contributed by atoms with Crippen molar-refractivity contribution in [1.29, 1.82) is 0 Å². The van der Waals surface area contributed by atoms with Gasteiger partial charge in [-0.1, -0.05) is 0 Å². The van der Waals surface area contributed by atoms with Crippen LogP contribution in [0.4, 0.5) is 5.69 Å². The summed E-state index contributed by atoms with van der Waals surface area (Å²) in [6, 6.07) is 9.37. The molecular formula is C24H32N2O6S. The molecule has 0 saturated carbocycles. The van der Waals surface area contributed by atoms with Crippen LogP contribution in [0.15, 0.2) is 30.3 Å². The third kappa shape index (κ3) is 5.91. The van der Waals surface area contributed by atoms with E-state index in [9.17, 15) is 0 Å². The van der Waals surface area contributed by atoms with E-state index in [1.165, 1.54) is 0 Å². The molecule has 1 heterocycles. The lowest BCUT2D eigenvalue weighted by Gasteiger charge is -2.29. The highest BCUT2D eigenvalue weighted by Gasteiger charge is 2.24. The van der Waals surface area contributed by atoms with E-state index in [4.69, 9.17) is 40.6 Å². The van der Waals surface area contributed by atoms with Crippen LogP contribution in [-0.2, 0) is 11.3 Å². The lowest BCUT2D eigenvalue weighted by atomic mass is 10.1. The van der Waals surface area contributed by atoms with Crippen molar-refractivity contribution in [2.45, 2.75) is 25.5 Å². The zero-order valence-electron chi connectivity index (χ0n) is 19.8. The Hall–Kier alpha value is -2.91. The second-order valence-electron chi connectivity index (χ2n) is 7.51. The largest absolute Gasteiger partial charge is 0.497 e. The van der Waals surface area contributed by atoms with Crippen LogP contribution in [0, 0.1) is 0 Å². The fourth-order valence-corrected chi connectivity index (χ4v) is 4.09. The van der Waals surface area contributed by atoms with Crippen molar-refractivity contribution in [3.05, 3.63) is 35.9 Å². The zero-order chi connectivity index (χ0) is 23.8. The Labute approximate surface area is 200 Å². The summed E-state index contributed by atoms with van der Waals surface area (Å²) in [7, 11) is 8.04. The van der Waals surface area contributed by atoms with Gasteiger partial charge in [0.25, 0.3) is 0 Å². The summed E-state index contributed by atoms with van der Waals surface area (Å²) >= 11 is 5.83. The average Bonchev–Trinajstić information content (AvgIpc) is 3.36. The molecule has 1 aliphatic heterocycles. The molecule has 0 spiro atoms. The fraction of sp³-hybridized carbons (Fsp3) is 0.458. The molecule has 0 radical (unpaired) electrons. The summed E-state index contributed by atoms with van der Waals surface area (Å²) in [5, 5.41) is 3.87.